The van der Waals surface area contributed by atoms with Crippen molar-refractivity contribution >= 4 is 23.3 Å². The highest BCUT2D eigenvalue weighted by Crippen LogP contribution is 2.22. The summed E-state index contributed by atoms with van der Waals surface area (Å²) in [5.41, 5.74) is 2.43. The maximum Gasteiger partial charge on any atom is 0.275 e. The molecule has 10 heteroatoms. The Balaban J connectivity index is 1.75. The highest BCUT2D eigenvalue weighted by atomic mass is 19.1. The van der Waals surface area contributed by atoms with Crippen LogP contribution in [0, 0.1) is 5.82 Å². The third-order valence-electron chi connectivity index (χ3n) is 6.43. The minimum Gasteiger partial charge on any atom is -0.355 e. The van der Waals surface area contributed by atoms with Crippen molar-refractivity contribution in [2.75, 3.05) is 19.4 Å². The van der Waals surface area contributed by atoms with Crippen molar-refractivity contribution in [3.8, 4) is 11.3 Å². The standard InChI is InChI=1S/C30H28FN5O4/c1-18(32-2)28(38)35-25-12-13-26(20-4-6-22(7-5-20)29(39)33-3)36(30(25)40)17-19-14-23(16-34-15-19)27(37)21-8-10-24(31)11-9-21/h4-16,18,32H,17H2,1-3H3,(H,33,39)(H,35,38)/t18-/m1/s1. The Labute approximate surface area is 230 Å². The lowest BCUT2D eigenvalue weighted by Crippen LogP contribution is -2.37. The molecule has 0 aliphatic rings. The largest absolute Gasteiger partial charge is 0.355 e. The van der Waals surface area contributed by atoms with Gasteiger partial charge in [-0.25, -0.2) is 4.39 Å². The molecular formula is C30H28FN5O4. The fraction of sp³-hybridized carbons (Fsp3) is 0.167. The maximum absolute atomic E-state index is 13.6. The zero-order chi connectivity index (χ0) is 28.8. The molecule has 0 bridgehead atoms. The van der Waals surface area contributed by atoms with Gasteiger partial charge < -0.3 is 20.5 Å². The molecule has 0 aliphatic heterocycles. The number of nitrogens with one attached hydrogen (secondary N) is 3. The predicted molar refractivity (Wildman–Crippen MR) is 150 cm³/mol. The Kier molecular flexibility index (Phi) is 8.60. The summed E-state index contributed by atoms with van der Waals surface area (Å²) < 4.78 is 14.8. The third kappa shape index (κ3) is 6.19. The molecule has 9 nitrogen and oxygen atoms in total. The highest BCUT2D eigenvalue weighted by Gasteiger charge is 2.17. The molecule has 0 radical (unpaired) electrons. The lowest BCUT2D eigenvalue weighted by molar-refractivity contribution is -0.117. The molecule has 4 aromatic rings. The van der Waals surface area contributed by atoms with Crippen LogP contribution in [0.5, 0.6) is 0 Å². The molecule has 2 heterocycles. The molecule has 0 spiro atoms. The normalized spacial score (nSPS) is 11.5. The van der Waals surface area contributed by atoms with E-state index in [1.165, 1.54) is 41.1 Å². The van der Waals surface area contributed by atoms with Gasteiger partial charge in [0.1, 0.15) is 11.5 Å². The second-order valence-corrected chi connectivity index (χ2v) is 9.10. The lowest BCUT2D eigenvalue weighted by atomic mass is 10.0. The second kappa shape index (κ2) is 12.3. The summed E-state index contributed by atoms with van der Waals surface area (Å²) >= 11 is 0. The topological polar surface area (TPSA) is 122 Å². The van der Waals surface area contributed by atoms with Crippen LogP contribution in [-0.2, 0) is 11.3 Å². The van der Waals surface area contributed by atoms with Crippen molar-refractivity contribution in [1.82, 2.24) is 20.2 Å². The van der Waals surface area contributed by atoms with Crippen LogP contribution >= 0.6 is 0 Å². The van der Waals surface area contributed by atoms with Crippen LogP contribution in [0.1, 0.15) is 38.8 Å². The first-order valence-corrected chi connectivity index (χ1v) is 12.5. The second-order valence-electron chi connectivity index (χ2n) is 9.10. The van der Waals surface area contributed by atoms with Crippen LogP contribution < -0.4 is 21.5 Å². The average Bonchev–Trinajstić information content (AvgIpc) is 2.98. The number of likely N-dealkylation sites (N-methyl/N-ethyl adjacent to an activating group) is 1. The van der Waals surface area contributed by atoms with Crippen molar-refractivity contribution in [3.63, 3.8) is 0 Å². The van der Waals surface area contributed by atoms with E-state index >= 15 is 0 Å². The highest BCUT2D eigenvalue weighted by molar-refractivity contribution is 6.08. The number of hydrogen-bond donors (Lipinski definition) is 3. The molecular weight excluding hydrogens is 513 g/mol. The van der Waals surface area contributed by atoms with Crippen LogP contribution in [-0.4, -0.2) is 47.3 Å². The van der Waals surface area contributed by atoms with Crippen LogP contribution in [0.3, 0.4) is 0 Å². The number of anilines is 1. The number of carbonyl (C=O) groups is 3. The molecule has 0 saturated carbocycles. The van der Waals surface area contributed by atoms with E-state index in [0.717, 1.165) is 0 Å². The first-order chi connectivity index (χ1) is 19.2. The number of ketones is 1. The van der Waals surface area contributed by atoms with Crippen molar-refractivity contribution in [2.24, 2.45) is 0 Å². The minimum atomic E-state index is -0.525. The van der Waals surface area contributed by atoms with Crippen molar-refractivity contribution in [3.05, 3.63) is 118 Å². The van der Waals surface area contributed by atoms with Gasteiger partial charge in [-0.2, -0.15) is 0 Å². The predicted octanol–water partition coefficient (Wildman–Crippen LogP) is 3.23. The van der Waals surface area contributed by atoms with Gasteiger partial charge >= 0.3 is 0 Å². The molecule has 4 rings (SSSR count). The van der Waals surface area contributed by atoms with Crippen LogP contribution in [0.25, 0.3) is 11.3 Å². The van der Waals surface area contributed by atoms with Gasteiger partial charge in [0.15, 0.2) is 5.78 Å². The lowest BCUT2D eigenvalue weighted by Gasteiger charge is -2.17. The van der Waals surface area contributed by atoms with E-state index in [2.05, 4.69) is 20.9 Å². The number of nitrogens with zero attached hydrogens (tertiary/aromatic N) is 2. The third-order valence-corrected chi connectivity index (χ3v) is 6.43. The first kappa shape index (κ1) is 28.1. The van der Waals surface area contributed by atoms with E-state index in [4.69, 9.17) is 0 Å². The van der Waals surface area contributed by atoms with Crippen LogP contribution in [0.4, 0.5) is 10.1 Å². The van der Waals surface area contributed by atoms with Gasteiger partial charge in [0.25, 0.3) is 11.5 Å². The Morgan fingerprint density at radius 3 is 2.23 bits per heavy atom. The van der Waals surface area contributed by atoms with Crippen molar-refractivity contribution < 1.29 is 18.8 Å². The summed E-state index contributed by atoms with van der Waals surface area (Å²) in [6.07, 6.45) is 2.95. The molecule has 0 aliphatic carbocycles. The van der Waals surface area contributed by atoms with Gasteiger partial charge in [-0.1, -0.05) is 12.1 Å². The Hall–Kier alpha value is -4.96. The summed E-state index contributed by atoms with van der Waals surface area (Å²) in [7, 11) is 3.18. The number of amides is 2. The number of carbonyl (C=O) groups excluding carboxylic acids is 3. The van der Waals surface area contributed by atoms with E-state index in [-0.39, 0.29) is 35.4 Å². The van der Waals surface area contributed by atoms with Crippen molar-refractivity contribution in [1.29, 1.82) is 0 Å². The van der Waals surface area contributed by atoms with Crippen molar-refractivity contribution in [2.45, 2.75) is 19.5 Å². The molecule has 1 atom stereocenters. The van der Waals surface area contributed by atoms with Gasteiger partial charge in [-0.15, -0.1) is 0 Å². The summed E-state index contributed by atoms with van der Waals surface area (Å²) in [4.78, 5) is 55.3. The molecule has 2 amide bonds. The fourth-order valence-electron chi connectivity index (χ4n) is 4.04. The molecule has 0 fully saturated rings. The van der Waals surface area contributed by atoms with E-state index in [1.54, 1.807) is 63.6 Å². The SMILES string of the molecule is CNC(=O)c1ccc(-c2ccc(NC(=O)[C@@H](C)NC)c(=O)n2Cc2cncc(C(=O)c3ccc(F)cc3)c2)cc1. The van der Waals surface area contributed by atoms with Gasteiger partial charge in [-0.3, -0.25) is 24.2 Å². The molecule has 0 saturated heterocycles. The van der Waals surface area contributed by atoms with E-state index < -0.39 is 17.4 Å². The molecule has 0 unspecified atom stereocenters. The van der Waals surface area contributed by atoms with Gasteiger partial charge in [0, 0.05) is 36.1 Å². The Morgan fingerprint density at radius 1 is 0.900 bits per heavy atom. The number of aromatic nitrogens is 2. The van der Waals surface area contributed by atoms with Crippen LogP contribution in [0.15, 0.2) is 83.9 Å². The molecule has 2 aromatic heterocycles. The number of rotatable bonds is 9. The van der Waals surface area contributed by atoms with Gasteiger partial charge in [-0.05, 0) is 79.7 Å². The van der Waals surface area contributed by atoms with Crippen LogP contribution in [0.2, 0.25) is 0 Å². The smallest absolute Gasteiger partial charge is 0.275 e. The number of halogens is 1. The molecule has 204 valence electrons. The minimum absolute atomic E-state index is 0.0359. The van der Waals surface area contributed by atoms with E-state index in [1.807, 2.05) is 0 Å². The average molecular weight is 542 g/mol. The summed E-state index contributed by atoms with van der Waals surface area (Å²) in [5, 5.41) is 8.07. The first-order valence-electron chi connectivity index (χ1n) is 12.5. The quantitative estimate of drug-likeness (QED) is 0.280. The van der Waals surface area contributed by atoms with Gasteiger partial charge in [0.2, 0.25) is 5.91 Å². The van der Waals surface area contributed by atoms with E-state index in [0.29, 0.717) is 27.9 Å². The zero-order valence-corrected chi connectivity index (χ0v) is 22.2. The molecule has 2 aromatic carbocycles. The number of hydrogen-bond acceptors (Lipinski definition) is 6. The Morgan fingerprint density at radius 2 is 1.57 bits per heavy atom. The number of pyridine rings is 2. The maximum atomic E-state index is 13.6. The molecule has 40 heavy (non-hydrogen) atoms. The fourth-order valence-corrected chi connectivity index (χ4v) is 4.04. The summed E-state index contributed by atoms with van der Waals surface area (Å²) in [6.45, 7) is 1.71. The Bertz CT molecular complexity index is 1610. The summed E-state index contributed by atoms with van der Waals surface area (Å²) in [5.74, 6) is -1.40. The number of benzene rings is 2. The van der Waals surface area contributed by atoms with E-state index in [9.17, 15) is 23.6 Å². The zero-order valence-electron chi connectivity index (χ0n) is 22.2. The van der Waals surface area contributed by atoms with Gasteiger partial charge in [0.05, 0.1) is 18.3 Å². The summed E-state index contributed by atoms with van der Waals surface area (Å²) in [6, 6.07) is 16.3. The molecule has 3 N–H and O–H groups in total. The monoisotopic (exact) mass is 541 g/mol.